The Kier molecular flexibility index (Phi) is 3.01. The van der Waals surface area contributed by atoms with Crippen LogP contribution >= 0.6 is 11.8 Å². The van der Waals surface area contributed by atoms with E-state index < -0.39 is 0 Å². The summed E-state index contributed by atoms with van der Waals surface area (Å²) in [6.45, 7) is 0. The van der Waals surface area contributed by atoms with Crippen molar-refractivity contribution in [2.24, 2.45) is 0 Å². The van der Waals surface area contributed by atoms with Gasteiger partial charge in [-0.15, -0.1) is 0 Å². The van der Waals surface area contributed by atoms with Crippen LogP contribution < -0.4 is 0 Å². The van der Waals surface area contributed by atoms with E-state index >= 15 is 0 Å². The summed E-state index contributed by atoms with van der Waals surface area (Å²) in [5.41, 5.74) is 0. The SMILES string of the molecule is COC1(OC)CCCSC1. The standard InChI is InChI=1S/C7H14O2S/c1-8-7(9-2)4-3-5-10-6-7/h3-6H2,1-2H3. The van der Waals surface area contributed by atoms with E-state index in [1.165, 1.54) is 12.2 Å². The first-order chi connectivity index (χ1) is 4.83. The summed E-state index contributed by atoms with van der Waals surface area (Å²) < 4.78 is 10.6. The lowest BCUT2D eigenvalue weighted by molar-refractivity contribution is -0.194. The van der Waals surface area contributed by atoms with Gasteiger partial charge >= 0.3 is 0 Å². The zero-order valence-corrected chi connectivity index (χ0v) is 7.37. The summed E-state index contributed by atoms with van der Waals surface area (Å²) >= 11 is 1.90. The van der Waals surface area contributed by atoms with E-state index in [2.05, 4.69) is 0 Å². The first-order valence-corrected chi connectivity index (χ1v) is 4.66. The lowest BCUT2D eigenvalue weighted by atomic mass is 10.2. The summed E-state index contributed by atoms with van der Waals surface area (Å²) in [6, 6.07) is 0. The maximum atomic E-state index is 5.28. The number of hydrogen-bond acceptors (Lipinski definition) is 3. The molecule has 0 unspecified atom stereocenters. The molecule has 3 heteroatoms. The Hall–Kier alpha value is 0.270. The lowest BCUT2D eigenvalue weighted by Crippen LogP contribution is -2.39. The molecule has 0 radical (unpaired) electrons. The van der Waals surface area contributed by atoms with Crippen LogP contribution in [0.4, 0.5) is 0 Å². The van der Waals surface area contributed by atoms with Crippen LogP contribution in [-0.4, -0.2) is 31.5 Å². The predicted molar refractivity (Wildman–Crippen MR) is 43.3 cm³/mol. The van der Waals surface area contributed by atoms with Crippen molar-refractivity contribution in [1.29, 1.82) is 0 Å². The second-order valence-corrected chi connectivity index (χ2v) is 3.58. The molecular formula is C7H14O2S. The smallest absolute Gasteiger partial charge is 0.176 e. The van der Waals surface area contributed by atoms with Crippen molar-refractivity contribution in [3.63, 3.8) is 0 Å². The van der Waals surface area contributed by atoms with Crippen molar-refractivity contribution in [2.45, 2.75) is 18.6 Å². The molecule has 0 aromatic heterocycles. The van der Waals surface area contributed by atoms with Crippen LogP contribution in [0.5, 0.6) is 0 Å². The molecule has 2 nitrogen and oxygen atoms in total. The van der Waals surface area contributed by atoms with Gasteiger partial charge in [-0.3, -0.25) is 0 Å². The van der Waals surface area contributed by atoms with Crippen molar-refractivity contribution >= 4 is 11.8 Å². The van der Waals surface area contributed by atoms with E-state index in [0.29, 0.717) is 0 Å². The summed E-state index contributed by atoms with van der Waals surface area (Å²) in [6.07, 6.45) is 2.24. The lowest BCUT2D eigenvalue weighted by Gasteiger charge is -2.33. The fourth-order valence-electron chi connectivity index (χ4n) is 1.15. The molecule has 0 spiro atoms. The average Bonchev–Trinajstić information content (AvgIpc) is 2.06. The van der Waals surface area contributed by atoms with Crippen molar-refractivity contribution in [2.75, 3.05) is 25.7 Å². The minimum Gasteiger partial charge on any atom is -0.352 e. The molecule has 0 aromatic carbocycles. The Balaban J connectivity index is 2.44. The third-order valence-corrected chi connectivity index (χ3v) is 3.13. The molecule has 1 aliphatic heterocycles. The molecule has 10 heavy (non-hydrogen) atoms. The van der Waals surface area contributed by atoms with Gasteiger partial charge in [-0.2, -0.15) is 11.8 Å². The summed E-state index contributed by atoms with van der Waals surface area (Å²) in [7, 11) is 3.44. The van der Waals surface area contributed by atoms with Crippen molar-refractivity contribution < 1.29 is 9.47 Å². The number of ether oxygens (including phenoxy) is 2. The van der Waals surface area contributed by atoms with E-state index in [1.807, 2.05) is 11.8 Å². The van der Waals surface area contributed by atoms with E-state index in [1.54, 1.807) is 14.2 Å². The van der Waals surface area contributed by atoms with E-state index in [4.69, 9.17) is 9.47 Å². The van der Waals surface area contributed by atoms with Crippen LogP contribution in [0.3, 0.4) is 0 Å². The molecule has 0 aliphatic carbocycles. The second kappa shape index (κ2) is 3.60. The third-order valence-electron chi connectivity index (χ3n) is 1.91. The molecule has 0 atom stereocenters. The molecule has 60 valence electrons. The Morgan fingerprint density at radius 2 is 2.00 bits per heavy atom. The maximum absolute atomic E-state index is 5.28. The van der Waals surface area contributed by atoms with Gasteiger partial charge in [-0.05, 0) is 12.2 Å². The van der Waals surface area contributed by atoms with E-state index in [9.17, 15) is 0 Å². The Labute approximate surface area is 66.3 Å². The molecule has 0 N–H and O–H groups in total. The third kappa shape index (κ3) is 1.65. The van der Waals surface area contributed by atoms with Crippen molar-refractivity contribution in [3.05, 3.63) is 0 Å². The van der Waals surface area contributed by atoms with Gasteiger partial charge in [0.1, 0.15) is 0 Å². The fraction of sp³-hybridized carbons (Fsp3) is 1.00. The average molecular weight is 162 g/mol. The molecule has 1 heterocycles. The van der Waals surface area contributed by atoms with E-state index in [0.717, 1.165) is 12.2 Å². The highest BCUT2D eigenvalue weighted by atomic mass is 32.2. The number of hydrogen-bond donors (Lipinski definition) is 0. The van der Waals surface area contributed by atoms with Crippen LogP contribution in [0.2, 0.25) is 0 Å². The monoisotopic (exact) mass is 162 g/mol. The minimum atomic E-state index is -0.275. The van der Waals surface area contributed by atoms with Gasteiger partial charge in [0.25, 0.3) is 0 Å². The molecular weight excluding hydrogens is 148 g/mol. The molecule has 0 bridgehead atoms. The minimum absolute atomic E-state index is 0.275. The Morgan fingerprint density at radius 1 is 1.30 bits per heavy atom. The van der Waals surface area contributed by atoms with E-state index in [-0.39, 0.29) is 5.79 Å². The van der Waals surface area contributed by atoms with Gasteiger partial charge in [-0.25, -0.2) is 0 Å². The van der Waals surface area contributed by atoms with Crippen LogP contribution in [0.1, 0.15) is 12.8 Å². The van der Waals surface area contributed by atoms with Gasteiger partial charge < -0.3 is 9.47 Å². The summed E-state index contributed by atoms with van der Waals surface area (Å²) in [5, 5.41) is 0. The zero-order valence-electron chi connectivity index (χ0n) is 6.55. The molecule has 1 rings (SSSR count). The highest BCUT2D eigenvalue weighted by Crippen LogP contribution is 2.29. The molecule has 1 fully saturated rings. The first kappa shape index (κ1) is 8.37. The number of thioether (sulfide) groups is 1. The normalized spacial score (nSPS) is 24.6. The quantitative estimate of drug-likeness (QED) is 0.573. The Morgan fingerprint density at radius 3 is 2.30 bits per heavy atom. The van der Waals surface area contributed by atoms with Crippen molar-refractivity contribution in [1.82, 2.24) is 0 Å². The number of methoxy groups -OCH3 is 2. The van der Waals surface area contributed by atoms with Crippen LogP contribution in [0.25, 0.3) is 0 Å². The number of rotatable bonds is 2. The first-order valence-electron chi connectivity index (χ1n) is 3.51. The molecule has 0 saturated carbocycles. The van der Waals surface area contributed by atoms with Crippen molar-refractivity contribution in [3.8, 4) is 0 Å². The van der Waals surface area contributed by atoms with Gasteiger partial charge in [0.15, 0.2) is 5.79 Å². The second-order valence-electron chi connectivity index (χ2n) is 2.48. The molecule has 1 aliphatic rings. The molecule has 1 saturated heterocycles. The van der Waals surface area contributed by atoms with Gasteiger partial charge in [0.05, 0.1) is 0 Å². The predicted octanol–water partition coefficient (Wildman–Crippen LogP) is 1.50. The Bertz CT molecular complexity index is 93.8. The fourth-order valence-corrected chi connectivity index (χ4v) is 2.33. The zero-order chi connectivity index (χ0) is 7.45. The topological polar surface area (TPSA) is 18.5 Å². The molecule has 0 amide bonds. The van der Waals surface area contributed by atoms with Crippen LogP contribution in [0.15, 0.2) is 0 Å². The van der Waals surface area contributed by atoms with Crippen LogP contribution in [-0.2, 0) is 9.47 Å². The van der Waals surface area contributed by atoms with Crippen LogP contribution in [0, 0.1) is 0 Å². The summed E-state index contributed by atoms with van der Waals surface area (Å²) in [4.78, 5) is 0. The summed E-state index contributed by atoms with van der Waals surface area (Å²) in [5.74, 6) is 1.94. The largest absolute Gasteiger partial charge is 0.352 e. The van der Waals surface area contributed by atoms with Gasteiger partial charge in [0, 0.05) is 26.4 Å². The maximum Gasteiger partial charge on any atom is 0.176 e. The highest BCUT2D eigenvalue weighted by molar-refractivity contribution is 7.99. The van der Waals surface area contributed by atoms with Gasteiger partial charge in [0.2, 0.25) is 0 Å². The molecule has 0 aromatic rings. The highest BCUT2D eigenvalue weighted by Gasteiger charge is 2.31. The van der Waals surface area contributed by atoms with Gasteiger partial charge in [-0.1, -0.05) is 0 Å².